The van der Waals surface area contributed by atoms with E-state index in [4.69, 9.17) is 16.7 Å². The second-order valence-corrected chi connectivity index (χ2v) is 7.25. The molecule has 4 rings (SSSR count). The van der Waals surface area contributed by atoms with Gasteiger partial charge in [-0.25, -0.2) is 4.79 Å². The van der Waals surface area contributed by atoms with Gasteiger partial charge in [0.25, 0.3) is 5.56 Å². The highest BCUT2D eigenvalue weighted by Crippen LogP contribution is 2.17. The lowest BCUT2D eigenvalue weighted by Crippen LogP contribution is -2.39. The van der Waals surface area contributed by atoms with Crippen LogP contribution in [0.15, 0.2) is 40.1 Å². The number of rotatable bonds is 5. The molecule has 0 fully saturated rings. The highest BCUT2D eigenvalue weighted by atomic mass is 35.5. The number of imidazole rings is 2. The fourth-order valence-corrected chi connectivity index (χ4v) is 3.73. The van der Waals surface area contributed by atoms with Gasteiger partial charge in [0.05, 0.1) is 6.54 Å². The average Bonchev–Trinajstić information content (AvgIpc) is 3.17. The van der Waals surface area contributed by atoms with E-state index in [0.29, 0.717) is 34.9 Å². The maximum absolute atomic E-state index is 13.2. The SMILES string of the molecule is Cc1cn2c3c(=O)n(Cc4cccc(Cl)c4)c(=O)n(C)c3nc2n1CCCO. The molecule has 0 spiro atoms. The molecule has 0 aliphatic heterocycles. The van der Waals surface area contributed by atoms with Gasteiger partial charge < -0.3 is 9.67 Å². The molecule has 8 nitrogen and oxygen atoms in total. The molecular weight excluding hydrogens is 382 g/mol. The normalized spacial score (nSPS) is 11.7. The van der Waals surface area contributed by atoms with Gasteiger partial charge in [-0.05, 0) is 31.0 Å². The number of aromatic nitrogens is 5. The second kappa shape index (κ2) is 6.96. The summed E-state index contributed by atoms with van der Waals surface area (Å²) >= 11 is 6.03. The number of benzene rings is 1. The lowest BCUT2D eigenvalue weighted by molar-refractivity contribution is 0.280. The lowest BCUT2D eigenvalue weighted by Gasteiger charge is -2.08. The zero-order valence-corrected chi connectivity index (χ0v) is 16.3. The van der Waals surface area contributed by atoms with Gasteiger partial charge in [0.15, 0.2) is 11.2 Å². The van der Waals surface area contributed by atoms with Crippen molar-refractivity contribution in [1.29, 1.82) is 0 Å². The number of hydrogen-bond donors (Lipinski definition) is 1. The third-order valence-electron chi connectivity index (χ3n) is 4.91. The van der Waals surface area contributed by atoms with Crippen molar-refractivity contribution in [2.75, 3.05) is 6.61 Å². The Bertz CT molecular complexity index is 1310. The topological polar surface area (TPSA) is 86.5 Å². The van der Waals surface area contributed by atoms with E-state index in [1.807, 2.05) is 23.8 Å². The Morgan fingerprint density at radius 1 is 1.21 bits per heavy atom. The van der Waals surface area contributed by atoms with E-state index in [2.05, 4.69) is 4.98 Å². The molecule has 3 heterocycles. The standard InChI is InChI=1S/C19H20ClN5O3/c1-12-10-24-15-16(21-18(24)23(12)7-4-8-26)22(2)19(28)25(17(15)27)11-13-5-3-6-14(20)9-13/h3,5-6,9-10,26H,4,7-8,11H2,1-2H3. The molecule has 9 heteroatoms. The van der Waals surface area contributed by atoms with Crippen LogP contribution in [0.3, 0.4) is 0 Å². The van der Waals surface area contributed by atoms with E-state index >= 15 is 0 Å². The van der Waals surface area contributed by atoms with Gasteiger partial charge in [0.2, 0.25) is 5.78 Å². The van der Waals surface area contributed by atoms with E-state index in [1.54, 1.807) is 29.6 Å². The van der Waals surface area contributed by atoms with Crippen molar-refractivity contribution in [1.82, 2.24) is 23.1 Å². The number of nitrogens with zero attached hydrogens (tertiary/aromatic N) is 5. The van der Waals surface area contributed by atoms with Gasteiger partial charge in [-0.15, -0.1) is 0 Å². The van der Waals surface area contributed by atoms with Crippen molar-refractivity contribution in [3.05, 3.63) is 67.6 Å². The monoisotopic (exact) mass is 401 g/mol. The van der Waals surface area contributed by atoms with Crippen molar-refractivity contribution >= 4 is 28.5 Å². The van der Waals surface area contributed by atoms with Crippen LogP contribution in [0, 0.1) is 6.92 Å². The summed E-state index contributed by atoms with van der Waals surface area (Å²) in [4.78, 5) is 30.6. The predicted molar refractivity (Wildman–Crippen MR) is 107 cm³/mol. The average molecular weight is 402 g/mol. The minimum atomic E-state index is -0.433. The third-order valence-corrected chi connectivity index (χ3v) is 5.15. The molecule has 0 atom stereocenters. The van der Waals surface area contributed by atoms with Gasteiger partial charge in [-0.2, -0.15) is 4.98 Å². The second-order valence-electron chi connectivity index (χ2n) is 6.82. The molecule has 0 unspecified atom stereocenters. The summed E-state index contributed by atoms with van der Waals surface area (Å²) in [6.45, 7) is 2.69. The van der Waals surface area contributed by atoms with Crippen LogP contribution in [0.5, 0.6) is 0 Å². The molecule has 0 aliphatic carbocycles. The zero-order chi connectivity index (χ0) is 20.0. The Balaban J connectivity index is 1.97. The fourth-order valence-electron chi connectivity index (χ4n) is 3.52. The summed E-state index contributed by atoms with van der Waals surface area (Å²) in [5.41, 5.74) is 1.55. The number of halogens is 1. The summed E-state index contributed by atoms with van der Waals surface area (Å²) in [6.07, 6.45) is 2.41. The van der Waals surface area contributed by atoms with E-state index in [0.717, 1.165) is 11.3 Å². The van der Waals surface area contributed by atoms with Gasteiger partial charge in [0, 0.05) is 37.1 Å². The summed E-state index contributed by atoms with van der Waals surface area (Å²) < 4.78 is 6.24. The van der Waals surface area contributed by atoms with Crippen LogP contribution in [0.1, 0.15) is 17.7 Å². The van der Waals surface area contributed by atoms with Gasteiger partial charge in [0.1, 0.15) is 0 Å². The maximum Gasteiger partial charge on any atom is 0.332 e. The van der Waals surface area contributed by atoms with Gasteiger partial charge in [-0.1, -0.05) is 23.7 Å². The molecule has 4 aromatic rings. The van der Waals surface area contributed by atoms with Crippen molar-refractivity contribution in [2.24, 2.45) is 7.05 Å². The first-order chi connectivity index (χ1) is 13.4. The minimum Gasteiger partial charge on any atom is -0.396 e. The van der Waals surface area contributed by atoms with Gasteiger partial charge in [-0.3, -0.25) is 18.3 Å². The number of aryl methyl sites for hydroxylation is 3. The van der Waals surface area contributed by atoms with Crippen molar-refractivity contribution < 1.29 is 5.11 Å². The Hall–Kier alpha value is -2.84. The highest BCUT2D eigenvalue weighted by Gasteiger charge is 2.20. The number of fused-ring (bicyclic) bond motifs is 3. The first-order valence-corrected chi connectivity index (χ1v) is 9.33. The smallest absolute Gasteiger partial charge is 0.332 e. The zero-order valence-electron chi connectivity index (χ0n) is 15.6. The third kappa shape index (κ3) is 2.85. The molecular formula is C19H20ClN5O3. The van der Waals surface area contributed by atoms with Gasteiger partial charge >= 0.3 is 5.69 Å². The van der Waals surface area contributed by atoms with Crippen LogP contribution in [-0.4, -0.2) is 34.8 Å². The molecule has 3 aromatic heterocycles. The molecule has 1 N–H and O–H groups in total. The lowest BCUT2D eigenvalue weighted by atomic mass is 10.2. The van der Waals surface area contributed by atoms with Crippen molar-refractivity contribution in [3.8, 4) is 0 Å². The molecule has 0 saturated heterocycles. The van der Waals surface area contributed by atoms with Crippen LogP contribution in [-0.2, 0) is 20.1 Å². The Morgan fingerprint density at radius 2 is 2.00 bits per heavy atom. The number of hydrogen-bond acceptors (Lipinski definition) is 4. The summed E-state index contributed by atoms with van der Waals surface area (Å²) in [5, 5.41) is 9.69. The van der Waals surface area contributed by atoms with E-state index < -0.39 is 11.2 Å². The van der Waals surface area contributed by atoms with E-state index in [1.165, 1.54) is 9.13 Å². The van der Waals surface area contributed by atoms with Crippen LogP contribution in [0.25, 0.3) is 16.9 Å². The quantitative estimate of drug-likeness (QED) is 0.549. The van der Waals surface area contributed by atoms with Crippen LogP contribution in [0.4, 0.5) is 0 Å². The largest absolute Gasteiger partial charge is 0.396 e. The first kappa shape index (κ1) is 18.5. The number of aliphatic hydroxyl groups excluding tert-OH is 1. The summed E-state index contributed by atoms with van der Waals surface area (Å²) in [7, 11) is 1.61. The van der Waals surface area contributed by atoms with Crippen molar-refractivity contribution in [3.63, 3.8) is 0 Å². The molecule has 1 aromatic carbocycles. The molecule has 28 heavy (non-hydrogen) atoms. The molecule has 0 saturated carbocycles. The Labute approximate surface area is 164 Å². The fraction of sp³-hybridized carbons (Fsp3) is 0.316. The molecule has 0 aliphatic rings. The minimum absolute atomic E-state index is 0.0644. The first-order valence-electron chi connectivity index (χ1n) is 8.95. The predicted octanol–water partition coefficient (Wildman–Crippen LogP) is 1.54. The van der Waals surface area contributed by atoms with Crippen LogP contribution < -0.4 is 11.2 Å². The molecule has 146 valence electrons. The number of aliphatic hydroxyl groups is 1. The Kier molecular flexibility index (Phi) is 4.60. The maximum atomic E-state index is 13.2. The molecule has 0 amide bonds. The molecule has 0 bridgehead atoms. The molecule has 0 radical (unpaired) electrons. The van der Waals surface area contributed by atoms with Crippen LogP contribution in [0.2, 0.25) is 5.02 Å². The highest BCUT2D eigenvalue weighted by molar-refractivity contribution is 6.30. The van der Waals surface area contributed by atoms with Crippen molar-refractivity contribution in [2.45, 2.75) is 26.4 Å². The summed E-state index contributed by atoms with van der Waals surface area (Å²) in [6, 6.07) is 7.09. The summed E-state index contributed by atoms with van der Waals surface area (Å²) in [5.74, 6) is 0.577. The van der Waals surface area contributed by atoms with Crippen LogP contribution >= 0.6 is 11.6 Å². The van der Waals surface area contributed by atoms with E-state index in [9.17, 15) is 9.59 Å². The Morgan fingerprint density at radius 3 is 2.71 bits per heavy atom. The van der Waals surface area contributed by atoms with E-state index in [-0.39, 0.29) is 13.2 Å².